The van der Waals surface area contributed by atoms with Crippen molar-refractivity contribution in [2.75, 3.05) is 13.1 Å². The molecule has 0 spiro atoms. The largest absolute Gasteiger partial charge is 0.453 e. The maximum Gasteiger partial charge on any atom is 0.338 e. The molecule has 4 rings (SSSR count). The van der Waals surface area contributed by atoms with Crippen LogP contribution in [0.4, 0.5) is 0 Å². The number of carbonyl (C=O) groups excluding carboxylic acids is 1. The molecule has 2 aromatic carbocycles. The van der Waals surface area contributed by atoms with Crippen LogP contribution < -0.4 is 0 Å². The minimum absolute atomic E-state index is 0.281. The SMILES string of the molecule is O=C(OC12CCCN(C1)/C(=C/c1ccc(Cl)cc1)C2)c1ccc(Cl)cc1. The Kier molecular flexibility index (Phi) is 4.68. The highest BCUT2D eigenvalue weighted by Gasteiger charge is 2.46. The predicted octanol–water partition coefficient (Wildman–Crippen LogP) is 5.43. The van der Waals surface area contributed by atoms with Crippen molar-refractivity contribution in [3.05, 3.63) is 75.4 Å². The summed E-state index contributed by atoms with van der Waals surface area (Å²) >= 11 is 11.9. The first-order valence-corrected chi connectivity index (χ1v) is 9.49. The Morgan fingerprint density at radius 1 is 1.04 bits per heavy atom. The quantitative estimate of drug-likeness (QED) is 0.657. The summed E-state index contributed by atoms with van der Waals surface area (Å²) in [5.74, 6) is -0.281. The first-order valence-electron chi connectivity index (χ1n) is 8.73. The van der Waals surface area contributed by atoms with E-state index in [2.05, 4.69) is 11.0 Å². The molecular formula is C21H19Cl2NO2. The molecular weight excluding hydrogens is 369 g/mol. The highest BCUT2D eigenvalue weighted by molar-refractivity contribution is 6.30. The van der Waals surface area contributed by atoms with Gasteiger partial charge in [-0.3, -0.25) is 0 Å². The van der Waals surface area contributed by atoms with E-state index in [4.69, 9.17) is 27.9 Å². The highest BCUT2D eigenvalue weighted by atomic mass is 35.5. The van der Waals surface area contributed by atoms with Gasteiger partial charge in [-0.1, -0.05) is 35.3 Å². The van der Waals surface area contributed by atoms with Crippen molar-refractivity contribution in [2.45, 2.75) is 24.9 Å². The summed E-state index contributed by atoms with van der Waals surface area (Å²) in [7, 11) is 0. The average Bonchev–Trinajstić information content (AvgIpc) is 2.86. The molecule has 2 aliphatic heterocycles. The lowest BCUT2D eigenvalue weighted by molar-refractivity contribution is -0.0270. The number of rotatable bonds is 3. The normalized spacial score (nSPS) is 23.3. The van der Waals surface area contributed by atoms with Crippen LogP contribution in [0.25, 0.3) is 6.08 Å². The molecule has 3 nitrogen and oxygen atoms in total. The number of piperidine rings is 1. The number of halogens is 2. The summed E-state index contributed by atoms with van der Waals surface area (Å²) in [5.41, 5.74) is 2.42. The summed E-state index contributed by atoms with van der Waals surface area (Å²) in [6, 6.07) is 14.6. The Bertz CT molecular complexity index is 845. The van der Waals surface area contributed by atoms with Crippen LogP contribution in [0, 0.1) is 0 Å². The number of fused-ring (bicyclic) bond motifs is 2. The van der Waals surface area contributed by atoms with E-state index in [1.165, 1.54) is 5.70 Å². The molecule has 0 amide bonds. The number of hydrogen-bond acceptors (Lipinski definition) is 3. The second-order valence-electron chi connectivity index (χ2n) is 6.97. The topological polar surface area (TPSA) is 29.5 Å². The van der Waals surface area contributed by atoms with Crippen molar-refractivity contribution in [3.8, 4) is 0 Å². The van der Waals surface area contributed by atoms with E-state index in [0.29, 0.717) is 10.6 Å². The lowest BCUT2D eigenvalue weighted by atomic mass is 9.94. The predicted molar refractivity (Wildman–Crippen MR) is 104 cm³/mol. The molecule has 2 bridgehead atoms. The van der Waals surface area contributed by atoms with Gasteiger partial charge in [0.25, 0.3) is 0 Å². The molecule has 1 unspecified atom stereocenters. The first-order chi connectivity index (χ1) is 12.5. The second-order valence-corrected chi connectivity index (χ2v) is 7.84. The van der Waals surface area contributed by atoms with Crippen LogP contribution in [0.3, 0.4) is 0 Å². The van der Waals surface area contributed by atoms with E-state index < -0.39 is 5.60 Å². The van der Waals surface area contributed by atoms with Gasteiger partial charge in [-0.2, -0.15) is 0 Å². The van der Waals surface area contributed by atoms with Gasteiger partial charge >= 0.3 is 5.97 Å². The molecule has 2 aliphatic rings. The van der Waals surface area contributed by atoms with Gasteiger partial charge in [-0.05, 0) is 60.9 Å². The first kappa shape index (κ1) is 17.4. The lowest BCUT2D eigenvalue weighted by Gasteiger charge is -2.33. The van der Waals surface area contributed by atoms with Gasteiger partial charge < -0.3 is 9.64 Å². The zero-order valence-corrected chi connectivity index (χ0v) is 15.8. The fraction of sp³-hybridized carbons (Fsp3) is 0.286. The fourth-order valence-corrected chi connectivity index (χ4v) is 4.04. The van der Waals surface area contributed by atoms with Crippen LogP contribution in [-0.4, -0.2) is 29.6 Å². The third kappa shape index (κ3) is 3.60. The molecule has 0 radical (unpaired) electrons. The van der Waals surface area contributed by atoms with Gasteiger partial charge in [-0.15, -0.1) is 0 Å². The van der Waals surface area contributed by atoms with Crippen molar-refractivity contribution in [1.29, 1.82) is 0 Å². The van der Waals surface area contributed by atoms with Crippen LogP contribution in [0.2, 0.25) is 10.0 Å². The molecule has 134 valence electrons. The summed E-state index contributed by atoms with van der Waals surface area (Å²) in [6.45, 7) is 1.76. The fourth-order valence-electron chi connectivity index (χ4n) is 3.78. The Balaban J connectivity index is 1.54. The number of nitrogens with zero attached hydrogens (tertiary/aromatic N) is 1. The minimum atomic E-state index is -0.437. The molecule has 0 saturated carbocycles. The van der Waals surface area contributed by atoms with Crippen LogP contribution in [0.1, 0.15) is 35.2 Å². The van der Waals surface area contributed by atoms with E-state index >= 15 is 0 Å². The summed E-state index contributed by atoms with van der Waals surface area (Å²) in [5, 5.41) is 1.34. The van der Waals surface area contributed by atoms with Crippen LogP contribution >= 0.6 is 23.2 Å². The zero-order valence-electron chi connectivity index (χ0n) is 14.3. The average molecular weight is 388 g/mol. The van der Waals surface area contributed by atoms with Crippen LogP contribution in [-0.2, 0) is 4.74 Å². The number of ether oxygens (including phenoxy) is 1. The molecule has 2 fully saturated rings. The molecule has 0 N–H and O–H groups in total. The molecule has 2 aromatic rings. The molecule has 26 heavy (non-hydrogen) atoms. The summed E-state index contributed by atoms with van der Waals surface area (Å²) in [6.07, 6.45) is 4.82. The van der Waals surface area contributed by atoms with Crippen molar-refractivity contribution in [3.63, 3.8) is 0 Å². The standard InChI is InChI=1S/C21H19Cl2NO2/c22-17-6-2-15(3-7-17)12-19-13-21(10-1-11-24(19)14-21)26-20(25)16-4-8-18(23)9-5-16/h2-9,12H,1,10-11,13-14H2/b19-12+. The van der Waals surface area contributed by atoms with E-state index in [1.54, 1.807) is 24.3 Å². The van der Waals surface area contributed by atoms with Gasteiger partial charge in [0, 0.05) is 28.7 Å². The zero-order chi connectivity index (χ0) is 18.1. The summed E-state index contributed by atoms with van der Waals surface area (Å²) in [4.78, 5) is 14.9. The Morgan fingerprint density at radius 2 is 1.69 bits per heavy atom. The third-order valence-corrected chi connectivity index (χ3v) is 5.55. The number of hydrogen-bond donors (Lipinski definition) is 0. The smallest absolute Gasteiger partial charge is 0.338 e. The maximum atomic E-state index is 12.6. The molecule has 0 aliphatic carbocycles. The molecule has 5 heteroatoms. The van der Waals surface area contributed by atoms with Crippen LogP contribution in [0.5, 0.6) is 0 Å². The lowest BCUT2D eigenvalue weighted by Crippen LogP contribution is -2.42. The van der Waals surface area contributed by atoms with Gasteiger partial charge in [0.05, 0.1) is 12.1 Å². The highest BCUT2D eigenvalue weighted by Crippen LogP contribution is 2.42. The Hall–Kier alpha value is -1.97. The van der Waals surface area contributed by atoms with E-state index in [0.717, 1.165) is 42.9 Å². The number of esters is 1. The van der Waals surface area contributed by atoms with Crippen molar-refractivity contribution >= 4 is 35.2 Å². The van der Waals surface area contributed by atoms with Gasteiger partial charge in [-0.25, -0.2) is 4.79 Å². The van der Waals surface area contributed by atoms with E-state index in [-0.39, 0.29) is 5.97 Å². The number of benzene rings is 2. The second kappa shape index (κ2) is 6.98. The van der Waals surface area contributed by atoms with Crippen molar-refractivity contribution in [1.82, 2.24) is 4.90 Å². The molecule has 2 heterocycles. The van der Waals surface area contributed by atoms with Crippen molar-refractivity contribution in [2.24, 2.45) is 0 Å². The van der Waals surface area contributed by atoms with Gasteiger partial charge in [0.2, 0.25) is 0 Å². The van der Waals surface area contributed by atoms with Gasteiger partial charge in [0.1, 0.15) is 5.60 Å². The van der Waals surface area contributed by atoms with Crippen molar-refractivity contribution < 1.29 is 9.53 Å². The maximum absolute atomic E-state index is 12.6. The van der Waals surface area contributed by atoms with E-state index in [9.17, 15) is 4.79 Å². The Morgan fingerprint density at radius 3 is 2.38 bits per heavy atom. The Labute approximate surface area is 163 Å². The monoisotopic (exact) mass is 387 g/mol. The summed E-state index contributed by atoms with van der Waals surface area (Å²) < 4.78 is 6.00. The molecule has 2 saturated heterocycles. The number of carbonyl (C=O) groups is 1. The van der Waals surface area contributed by atoms with Gasteiger partial charge in [0.15, 0.2) is 0 Å². The van der Waals surface area contributed by atoms with E-state index in [1.807, 2.05) is 24.3 Å². The van der Waals surface area contributed by atoms with Crippen LogP contribution in [0.15, 0.2) is 54.2 Å². The molecule has 0 aromatic heterocycles. The third-order valence-electron chi connectivity index (χ3n) is 5.04. The minimum Gasteiger partial charge on any atom is -0.453 e. The molecule has 1 atom stereocenters.